The van der Waals surface area contributed by atoms with Crippen LogP contribution in [-0.2, 0) is 16.1 Å². The molecule has 1 saturated heterocycles. The number of morpholine rings is 1. The Morgan fingerprint density at radius 3 is 2.83 bits per heavy atom. The Kier molecular flexibility index (Phi) is 6.67. The number of ether oxygens (including phenoxy) is 1. The molecule has 126 valence electrons. The molecule has 23 heavy (non-hydrogen) atoms. The highest BCUT2D eigenvalue weighted by Gasteiger charge is 2.20. The molecule has 0 bridgehead atoms. The third kappa shape index (κ3) is 4.59. The summed E-state index contributed by atoms with van der Waals surface area (Å²) in [6.45, 7) is 6.24. The number of nitrogens with zero attached hydrogens (tertiary/aromatic N) is 6. The molecule has 0 spiro atoms. The van der Waals surface area contributed by atoms with Crippen LogP contribution in [0.4, 0.5) is 5.95 Å². The molecule has 0 radical (unpaired) electrons. The summed E-state index contributed by atoms with van der Waals surface area (Å²) in [5, 5.41) is 17.8. The van der Waals surface area contributed by atoms with Crippen LogP contribution in [0.1, 0.15) is 13.3 Å². The highest BCUT2D eigenvalue weighted by atomic mass is 32.2. The van der Waals surface area contributed by atoms with Crippen molar-refractivity contribution in [2.75, 3.05) is 50.5 Å². The summed E-state index contributed by atoms with van der Waals surface area (Å²) >= 11 is 1.38. The molecule has 0 aromatic carbocycles. The minimum Gasteiger partial charge on any atom is -0.378 e. The lowest BCUT2D eigenvalue weighted by atomic mass is 10.4. The van der Waals surface area contributed by atoms with Gasteiger partial charge in [0.15, 0.2) is 5.16 Å². The van der Waals surface area contributed by atoms with Crippen molar-refractivity contribution in [1.29, 1.82) is 5.26 Å². The summed E-state index contributed by atoms with van der Waals surface area (Å²) in [6, 6.07) is 2.04. The fourth-order valence-electron chi connectivity index (χ4n) is 2.24. The van der Waals surface area contributed by atoms with Gasteiger partial charge < -0.3 is 14.5 Å². The van der Waals surface area contributed by atoms with Gasteiger partial charge >= 0.3 is 0 Å². The first kappa shape index (κ1) is 17.6. The lowest BCUT2D eigenvalue weighted by Gasteiger charge is -2.27. The van der Waals surface area contributed by atoms with Gasteiger partial charge in [0.1, 0.15) is 0 Å². The summed E-state index contributed by atoms with van der Waals surface area (Å²) < 4.78 is 7.39. The Morgan fingerprint density at radius 1 is 1.43 bits per heavy atom. The van der Waals surface area contributed by atoms with Crippen molar-refractivity contribution < 1.29 is 9.53 Å². The van der Waals surface area contributed by atoms with Gasteiger partial charge in [0.05, 0.1) is 31.5 Å². The van der Waals surface area contributed by atoms with Gasteiger partial charge in [-0.2, -0.15) is 5.26 Å². The molecular weight excluding hydrogens is 316 g/mol. The molecule has 0 atom stereocenters. The Hall–Kier alpha value is -1.79. The fourth-order valence-corrected chi connectivity index (χ4v) is 3.18. The molecule has 2 rings (SSSR count). The van der Waals surface area contributed by atoms with Crippen LogP contribution in [0, 0.1) is 11.3 Å². The van der Waals surface area contributed by atoms with E-state index in [-0.39, 0.29) is 5.91 Å². The van der Waals surface area contributed by atoms with Crippen molar-refractivity contribution in [3.63, 3.8) is 0 Å². The number of hydrogen-bond donors (Lipinski definition) is 0. The van der Waals surface area contributed by atoms with E-state index < -0.39 is 0 Å². The van der Waals surface area contributed by atoms with Crippen LogP contribution in [0.15, 0.2) is 5.16 Å². The van der Waals surface area contributed by atoms with Gasteiger partial charge in [0, 0.05) is 33.2 Å². The van der Waals surface area contributed by atoms with Crippen molar-refractivity contribution in [3.8, 4) is 6.07 Å². The Balaban J connectivity index is 1.96. The van der Waals surface area contributed by atoms with Crippen LogP contribution in [0.2, 0.25) is 0 Å². The summed E-state index contributed by atoms with van der Waals surface area (Å²) in [5.74, 6) is 1.12. The van der Waals surface area contributed by atoms with Crippen molar-refractivity contribution in [1.82, 2.24) is 19.7 Å². The lowest BCUT2D eigenvalue weighted by Crippen LogP contribution is -2.38. The zero-order valence-corrected chi connectivity index (χ0v) is 14.4. The molecule has 1 aromatic rings. The molecule has 0 aliphatic carbocycles. The van der Waals surface area contributed by atoms with E-state index in [0.717, 1.165) is 30.7 Å². The van der Waals surface area contributed by atoms with E-state index in [4.69, 9.17) is 10.00 Å². The lowest BCUT2D eigenvalue weighted by molar-refractivity contribution is -0.127. The van der Waals surface area contributed by atoms with Crippen molar-refractivity contribution in [2.45, 2.75) is 25.0 Å². The number of nitriles is 1. The molecule has 9 heteroatoms. The highest BCUT2D eigenvalue weighted by molar-refractivity contribution is 7.99. The van der Waals surface area contributed by atoms with Crippen molar-refractivity contribution in [3.05, 3.63) is 0 Å². The molecule has 1 fully saturated rings. The van der Waals surface area contributed by atoms with Crippen LogP contribution in [0.3, 0.4) is 0 Å². The summed E-state index contributed by atoms with van der Waals surface area (Å²) in [5.41, 5.74) is 0. The van der Waals surface area contributed by atoms with E-state index in [1.165, 1.54) is 11.8 Å². The topological polar surface area (TPSA) is 87.3 Å². The second kappa shape index (κ2) is 8.74. The van der Waals surface area contributed by atoms with Gasteiger partial charge in [-0.25, -0.2) is 0 Å². The first-order valence-corrected chi connectivity index (χ1v) is 8.65. The average Bonchev–Trinajstić information content (AvgIpc) is 3.01. The number of carbonyl (C=O) groups is 1. The minimum atomic E-state index is -0.0103. The third-order valence-corrected chi connectivity index (χ3v) is 4.57. The van der Waals surface area contributed by atoms with Crippen molar-refractivity contribution >= 4 is 23.6 Å². The molecule has 1 amide bonds. The molecule has 8 nitrogen and oxygen atoms in total. The van der Waals surface area contributed by atoms with Crippen molar-refractivity contribution in [2.24, 2.45) is 0 Å². The molecule has 0 unspecified atom stereocenters. The number of amides is 1. The van der Waals surface area contributed by atoms with E-state index in [1.807, 2.05) is 17.6 Å². The number of thioether (sulfide) groups is 1. The second-order valence-electron chi connectivity index (χ2n) is 5.14. The third-order valence-electron chi connectivity index (χ3n) is 3.62. The van der Waals surface area contributed by atoms with E-state index >= 15 is 0 Å². The van der Waals surface area contributed by atoms with Gasteiger partial charge in [-0.1, -0.05) is 11.8 Å². The maximum Gasteiger partial charge on any atom is 0.232 e. The molecule has 1 aliphatic rings. The molecule has 1 aliphatic heterocycles. The largest absolute Gasteiger partial charge is 0.378 e. The van der Waals surface area contributed by atoms with Gasteiger partial charge in [-0.05, 0) is 6.92 Å². The normalized spacial score (nSPS) is 14.6. The standard InChI is InChI=1S/C14H22N6O2S/c1-3-20-13(19-7-9-22-10-8-19)16-17-14(20)23-11-12(21)18(2)6-4-5-15/h3-4,6-11H2,1-2H3. The molecule has 1 aromatic heterocycles. The molecule has 2 heterocycles. The maximum absolute atomic E-state index is 12.0. The average molecular weight is 338 g/mol. The SMILES string of the molecule is CCn1c(SCC(=O)N(C)CCC#N)nnc1N1CCOCC1. The highest BCUT2D eigenvalue weighted by Crippen LogP contribution is 2.22. The molecular formula is C14H22N6O2S. The number of aromatic nitrogens is 3. The van der Waals surface area contributed by atoms with Crippen LogP contribution in [0.5, 0.6) is 0 Å². The Bertz CT molecular complexity index is 564. The number of rotatable bonds is 7. The number of carbonyl (C=O) groups excluding carboxylic acids is 1. The maximum atomic E-state index is 12.0. The first-order chi connectivity index (χ1) is 11.2. The van der Waals surface area contributed by atoms with E-state index in [1.54, 1.807) is 11.9 Å². The summed E-state index contributed by atoms with van der Waals surface area (Å²) in [4.78, 5) is 15.8. The van der Waals surface area contributed by atoms with Gasteiger partial charge in [0.25, 0.3) is 0 Å². The number of hydrogen-bond acceptors (Lipinski definition) is 7. The first-order valence-electron chi connectivity index (χ1n) is 7.67. The van der Waals surface area contributed by atoms with Gasteiger partial charge in [0.2, 0.25) is 11.9 Å². The van der Waals surface area contributed by atoms with Crippen LogP contribution in [-0.4, -0.2) is 71.2 Å². The second-order valence-corrected chi connectivity index (χ2v) is 6.08. The smallest absolute Gasteiger partial charge is 0.232 e. The number of anilines is 1. The predicted molar refractivity (Wildman–Crippen MR) is 87.3 cm³/mol. The van der Waals surface area contributed by atoms with Gasteiger partial charge in [-0.3, -0.25) is 9.36 Å². The Morgan fingerprint density at radius 2 is 2.17 bits per heavy atom. The van der Waals surface area contributed by atoms with E-state index in [9.17, 15) is 4.79 Å². The molecule has 0 saturated carbocycles. The fraction of sp³-hybridized carbons (Fsp3) is 0.714. The van der Waals surface area contributed by atoms with Crippen LogP contribution >= 0.6 is 11.8 Å². The summed E-state index contributed by atoms with van der Waals surface area (Å²) in [6.07, 6.45) is 0.346. The monoisotopic (exact) mass is 338 g/mol. The van der Waals surface area contributed by atoms with Gasteiger partial charge in [-0.15, -0.1) is 10.2 Å². The van der Waals surface area contributed by atoms with Crippen LogP contribution in [0.25, 0.3) is 0 Å². The van der Waals surface area contributed by atoms with Crippen LogP contribution < -0.4 is 4.90 Å². The summed E-state index contributed by atoms with van der Waals surface area (Å²) in [7, 11) is 1.71. The Labute approximate surface area is 140 Å². The minimum absolute atomic E-state index is 0.0103. The zero-order chi connectivity index (χ0) is 16.7. The zero-order valence-electron chi connectivity index (χ0n) is 13.6. The van der Waals surface area contributed by atoms with E-state index in [0.29, 0.717) is 31.9 Å². The predicted octanol–water partition coefficient (Wildman–Crippen LogP) is 0.599. The molecule has 0 N–H and O–H groups in total. The quantitative estimate of drug-likeness (QED) is 0.673. The van der Waals surface area contributed by atoms with E-state index in [2.05, 4.69) is 15.1 Å².